The molecule has 1 saturated heterocycles. The summed E-state index contributed by atoms with van der Waals surface area (Å²) in [7, 11) is 0. The minimum atomic E-state index is -0.0733. The number of rotatable bonds is 5. The molecule has 5 heteroatoms. The smallest absolute Gasteiger partial charge is 0.130 e. The molecular formula is C13H22N4O. The van der Waals surface area contributed by atoms with Crippen molar-refractivity contribution in [2.24, 2.45) is 5.73 Å². The molecule has 0 aromatic carbocycles. The molecule has 2 rings (SSSR count). The summed E-state index contributed by atoms with van der Waals surface area (Å²) in [5.41, 5.74) is 6.93. The second-order valence-electron chi connectivity index (χ2n) is 4.87. The Morgan fingerprint density at radius 3 is 2.83 bits per heavy atom. The van der Waals surface area contributed by atoms with Crippen LogP contribution in [-0.2, 0) is 11.2 Å². The summed E-state index contributed by atoms with van der Waals surface area (Å²) in [6.07, 6.45) is 5.55. The third-order valence-electron chi connectivity index (χ3n) is 3.46. The molecule has 1 aromatic rings. The van der Waals surface area contributed by atoms with E-state index in [2.05, 4.69) is 22.2 Å². The van der Waals surface area contributed by atoms with Crippen molar-refractivity contribution in [3.05, 3.63) is 18.1 Å². The lowest BCUT2D eigenvalue weighted by molar-refractivity contribution is 0.0627. The SMILES string of the molecule is CCCc1cc(NC2(CN)CCOCC2)ncn1. The molecule has 0 atom stereocenters. The monoisotopic (exact) mass is 250 g/mol. The van der Waals surface area contributed by atoms with E-state index in [1.165, 1.54) is 0 Å². The van der Waals surface area contributed by atoms with Crippen LogP contribution < -0.4 is 11.1 Å². The van der Waals surface area contributed by atoms with Crippen molar-refractivity contribution < 1.29 is 4.74 Å². The Morgan fingerprint density at radius 1 is 1.39 bits per heavy atom. The van der Waals surface area contributed by atoms with Crippen LogP contribution in [0.5, 0.6) is 0 Å². The first-order valence-corrected chi connectivity index (χ1v) is 6.65. The zero-order valence-corrected chi connectivity index (χ0v) is 11.0. The summed E-state index contributed by atoms with van der Waals surface area (Å²) in [5.74, 6) is 0.876. The van der Waals surface area contributed by atoms with Gasteiger partial charge < -0.3 is 15.8 Å². The summed E-state index contributed by atoms with van der Waals surface area (Å²) in [6.45, 7) is 4.27. The quantitative estimate of drug-likeness (QED) is 0.825. The lowest BCUT2D eigenvalue weighted by Gasteiger charge is -2.37. The fourth-order valence-corrected chi connectivity index (χ4v) is 2.27. The Balaban J connectivity index is 2.08. The standard InChI is InChI=1S/C13H22N4O/c1-2-3-11-8-12(16-10-15-11)17-13(9-14)4-6-18-7-5-13/h8,10H,2-7,9,14H2,1H3,(H,15,16,17). The van der Waals surface area contributed by atoms with Gasteiger partial charge in [0.05, 0.1) is 5.54 Å². The molecule has 0 amide bonds. The molecule has 3 N–H and O–H groups in total. The first kappa shape index (κ1) is 13.2. The molecule has 0 spiro atoms. The Bertz CT molecular complexity index is 377. The highest BCUT2D eigenvalue weighted by atomic mass is 16.5. The molecule has 1 aliphatic heterocycles. The molecule has 18 heavy (non-hydrogen) atoms. The molecule has 1 aliphatic rings. The van der Waals surface area contributed by atoms with Gasteiger partial charge in [0.15, 0.2) is 0 Å². The van der Waals surface area contributed by atoms with Gasteiger partial charge in [0.2, 0.25) is 0 Å². The van der Waals surface area contributed by atoms with Gasteiger partial charge in [-0.3, -0.25) is 0 Å². The van der Waals surface area contributed by atoms with Gasteiger partial charge in [-0.15, -0.1) is 0 Å². The first-order chi connectivity index (χ1) is 8.78. The van der Waals surface area contributed by atoms with Crippen LogP contribution in [0.15, 0.2) is 12.4 Å². The van der Waals surface area contributed by atoms with Gasteiger partial charge in [0, 0.05) is 31.5 Å². The Hall–Kier alpha value is -1.20. The van der Waals surface area contributed by atoms with Gasteiger partial charge in [-0.2, -0.15) is 0 Å². The average Bonchev–Trinajstić information content (AvgIpc) is 2.41. The summed E-state index contributed by atoms with van der Waals surface area (Å²) < 4.78 is 5.40. The summed E-state index contributed by atoms with van der Waals surface area (Å²) in [4.78, 5) is 8.55. The molecule has 5 nitrogen and oxygen atoms in total. The highest BCUT2D eigenvalue weighted by Crippen LogP contribution is 2.24. The fourth-order valence-electron chi connectivity index (χ4n) is 2.27. The van der Waals surface area contributed by atoms with Gasteiger partial charge in [0.1, 0.15) is 12.1 Å². The van der Waals surface area contributed by atoms with E-state index < -0.39 is 0 Å². The minimum Gasteiger partial charge on any atom is -0.381 e. The van der Waals surface area contributed by atoms with Crippen molar-refractivity contribution >= 4 is 5.82 Å². The minimum absolute atomic E-state index is 0.0733. The number of nitrogens with one attached hydrogen (secondary N) is 1. The van der Waals surface area contributed by atoms with E-state index >= 15 is 0 Å². The summed E-state index contributed by atoms with van der Waals surface area (Å²) >= 11 is 0. The van der Waals surface area contributed by atoms with Gasteiger partial charge >= 0.3 is 0 Å². The van der Waals surface area contributed by atoms with Crippen LogP contribution >= 0.6 is 0 Å². The third kappa shape index (κ3) is 3.17. The molecule has 100 valence electrons. The predicted octanol–water partition coefficient (Wildman–Crippen LogP) is 1.35. The second kappa shape index (κ2) is 6.11. The van der Waals surface area contributed by atoms with E-state index in [0.717, 1.165) is 50.4 Å². The topological polar surface area (TPSA) is 73.1 Å². The number of aryl methyl sites for hydroxylation is 1. The molecule has 1 aromatic heterocycles. The zero-order chi connectivity index (χ0) is 12.8. The molecule has 2 heterocycles. The molecule has 0 radical (unpaired) electrons. The van der Waals surface area contributed by atoms with Crippen LogP contribution in [0, 0.1) is 0 Å². The molecule has 1 fully saturated rings. The molecular weight excluding hydrogens is 228 g/mol. The van der Waals surface area contributed by atoms with Crippen molar-refractivity contribution in [2.75, 3.05) is 25.1 Å². The number of aromatic nitrogens is 2. The van der Waals surface area contributed by atoms with Crippen LogP contribution in [0.4, 0.5) is 5.82 Å². The van der Waals surface area contributed by atoms with Crippen molar-refractivity contribution in [1.82, 2.24) is 9.97 Å². The van der Waals surface area contributed by atoms with Crippen molar-refractivity contribution in [3.8, 4) is 0 Å². The number of nitrogens with zero attached hydrogens (tertiary/aromatic N) is 2. The summed E-state index contributed by atoms with van der Waals surface area (Å²) in [6, 6.07) is 2.02. The first-order valence-electron chi connectivity index (χ1n) is 6.65. The summed E-state index contributed by atoms with van der Waals surface area (Å²) in [5, 5.41) is 3.49. The van der Waals surface area contributed by atoms with E-state index in [9.17, 15) is 0 Å². The largest absolute Gasteiger partial charge is 0.381 e. The van der Waals surface area contributed by atoms with Crippen LogP contribution in [0.1, 0.15) is 31.9 Å². The lowest BCUT2D eigenvalue weighted by Crippen LogP contribution is -2.49. The van der Waals surface area contributed by atoms with Gasteiger partial charge in [-0.1, -0.05) is 13.3 Å². The number of ether oxygens (including phenoxy) is 1. The van der Waals surface area contributed by atoms with Gasteiger partial charge in [0.25, 0.3) is 0 Å². The number of anilines is 1. The lowest BCUT2D eigenvalue weighted by atomic mass is 9.90. The highest BCUT2D eigenvalue weighted by molar-refractivity contribution is 5.38. The van der Waals surface area contributed by atoms with Gasteiger partial charge in [-0.25, -0.2) is 9.97 Å². The van der Waals surface area contributed by atoms with E-state index in [0.29, 0.717) is 6.54 Å². The van der Waals surface area contributed by atoms with Crippen LogP contribution in [0.2, 0.25) is 0 Å². The zero-order valence-electron chi connectivity index (χ0n) is 11.0. The van der Waals surface area contributed by atoms with E-state index in [-0.39, 0.29) is 5.54 Å². The van der Waals surface area contributed by atoms with E-state index in [4.69, 9.17) is 10.5 Å². The van der Waals surface area contributed by atoms with Crippen LogP contribution in [0.25, 0.3) is 0 Å². The van der Waals surface area contributed by atoms with Crippen LogP contribution in [-0.4, -0.2) is 35.3 Å². The maximum atomic E-state index is 5.92. The maximum absolute atomic E-state index is 5.92. The molecule has 0 unspecified atom stereocenters. The number of hydrogen-bond acceptors (Lipinski definition) is 5. The maximum Gasteiger partial charge on any atom is 0.130 e. The molecule has 0 aliphatic carbocycles. The third-order valence-corrected chi connectivity index (χ3v) is 3.46. The fraction of sp³-hybridized carbons (Fsp3) is 0.692. The van der Waals surface area contributed by atoms with Crippen molar-refractivity contribution in [2.45, 2.75) is 38.1 Å². The molecule has 0 bridgehead atoms. The number of nitrogens with two attached hydrogens (primary N) is 1. The second-order valence-corrected chi connectivity index (χ2v) is 4.87. The normalized spacial score (nSPS) is 18.6. The van der Waals surface area contributed by atoms with Crippen molar-refractivity contribution in [3.63, 3.8) is 0 Å². The van der Waals surface area contributed by atoms with Crippen LogP contribution in [0.3, 0.4) is 0 Å². The van der Waals surface area contributed by atoms with Gasteiger partial charge in [-0.05, 0) is 19.3 Å². The van der Waals surface area contributed by atoms with Crippen molar-refractivity contribution in [1.29, 1.82) is 0 Å². The number of hydrogen-bond donors (Lipinski definition) is 2. The Morgan fingerprint density at radius 2 is 2.17 bits per heavy atom. The highest BCUT2D eigenvalue weighted by Gasteiger charge is 2.31. The Labute approximate surface area is 108 Å². The predicted molar refractivity (Wildman–Crippen MR) is 71.5 cm³/mol. The Kier molecular flexibility index (Phi) is 4.49. The van der Waals surface area contributed by atoms with E-state index in [1.807, 2.05) is 6.07 Å². The average molecular weight is 250 g/mol. The molecule has 0 saturated carbocycles. The van der Waals surface area contributed by atoms with E-state index in [1.54, 1.807) is 6.33 Å².